The number of aliphatic hydroxyl groups is 1. The summed E-state index contributed by atoms with van der Waals surface area (Å²) in [4.78, 5) is 34.4. The molecule has 1 aliphatic heterocycles. The molecule has 0 aliphatic carbocycles. The lowest BCUT2D eigenvalue weighted by Crippen LogP contribution is -2.61. The van der Waals surface area contributed by atoms with Gasteiger partial charge in [0.2, 0.25) is 0 Å². The van der Waals surface area contributed by atoms with Crippen LogP contribution in [0.5, 0.6) is 0 Å². The number of carbonyl (C=O) groups excluding carboxylic acids is 3. The monoisotopic (exact) mass is 498 g/mol. The second-order valence-corrected chi connectivity index (χ2v) is 9.42. The molecular weight excluding hydrogens is 463 g/mol. The van der Waals surface area contributed by atoms with Crippen molar-refractivity contribution >= 4 is 25.5 Å². The third-order valence-electron chi connectivity index (χ3n) is 4.43. The number of unbranched alkanes of at least 4 members (excludes halogenated alkanes) is 1. The van der Waals surface area contributed by atoms with Crippen molar-refractivity contribution in [1.82, 2.24) is 0 Å². The van der Waals surface area contributed by atoms with E-state index in [2.05, 4.69) is 0 Å². The minimum atomic E-state index is -3.18. The second kappa shape index (κ2) is 14.6. The van der Waals surface area contributed by atoms with Gasteiger partial charge >= 0.3 is 25.5 Å². The highest BCUT2D eigenvalue weighted by molar-refractivity contribution is 7.53. The molecule has 0 aromatic rings. The zero-order chi connectivity index (χ0) is 25.0. The molecule has 13 heteroatoms. The Bertz CT molecular complexity index is 674. The summed E-state index contributed by atoms with van der Waals surface area (Å²) < 4.78 is 49.7. The van der Waals surface area contributed by atoms with Crippen LogP contribution in [0, 0.1) is 0 Å². The van der Waals surface area contributed by atoms with Gasteiger partial charge in [-0.05, 0) is 26.7 Å². The van der Waals surface area contributed by atoms with Crippen LogP contribution >= 0.6 is 7.60 Å². The molecule has 1 fully saturated rings. The SMILES string of the molecule is CCOP(=O)(CCCCO[C@@H]1OC(COC(C)=O)[C@@H](O)C(OC(C)=O)C1OC(C)=O)OCC. The summed E-state index contributed by atoms with van der Waals surface area (Å²) in [6.45, 7) is 7.23. The van der Waals surface area contributed by atoms with Gasteiger partial charge in [-0.2, -0.15) is 0 Å². The van der Waals surface area contributed by atoms with E-state index >= 15 is 0 Å². The third-order valence-corrected chi connectivity index (χ3v) is 6.60. The fourth-order valence-electron chi connectivity index (χ4n) is 3.17. The minimum Gasteiger partial charge on any atom is -0.463 e. The van der Waals surface area contributed by atoms with E-state index in [4.69, 9.17) is 32.7 Å². The molecule has 0 bridgehead atoms. The lowest BCUT2D eigenvalue weighted by molar-refractivity contribution is -0.306. The lowest BCUT2D eigenvalue weighted by atomic mass is 9.98. The quantitative estimate of drug-likeness (QED) is 0.160. The molecule has 0 aromatic heterocycles. The van der Waals surface area contributed by atoms with Gasteiger partial charge in [-0.3, -0.25) is 18.9 Å². The normalized spacial score (nSPS) is 25.3. The van der Waals surface area contributed by atoms with E-state index < -0.39 is 56.2 Å². The summed E-state index contributed by atoms with van der Waals surface area (Å²) in [5.41, 5.74) is 0. The molecule has 192 valence electrons. The molecule has 0 aromatic carbocycles. The average molecular weight is 498 g/mol. The molecule has 0 radical (unpaired) electrons. The van der Waals surface area contributed by atoms with Crippen molar-refractivity contribution < 1.29 is 56.8 Å². The highest BCUT2D eigenvalue weighted by Crippen LogP contribution is 2.48. The van der Waals surface area contributed by atoms with E-state index in [0.29, 0.717) is 12.8 Å². The van der Waals surface area contributed by atoms with Gasteiger partial charge in [-0.1, -0.05) is 0 Å². The van der Waals surface area contributed by atoms with Crippen LogP contribution < -0.4 is 0 Å². The number of hydrogen-bond donors (Lipinski definition) is 1. The van der Waals surface area contributed by atoms with Gasteiger partial charge in [0.25, 0.3) is 0 Å². The summed E-state index contributed by atoms with van der Waals surface area (Å²) >= 11 is 0. The predicted octanol–water partition coefficient (Wildman–Crippen LogP) is 1.56. The van der Waals surface area contributed by atoms with Gasteiger partial charge in [0.15, 0.2) is 18.5 Å². The van der Waals surface area contributed by atoms with Crippen LogP contribution in [-0.2, 0) is 51.7 Å². The van der Waals surface area contributed by atoms with Gasteiger partial charge in [0, 0.05) is 27.4 Å². The first-order valence-electron chi connectivity index (χ1n) is 10.8. The van der Waals surface area contributed by atoms with E-state index in [1.54, 1.807) is 13.8 Å². The molecule has 0 amide bonds. The van der Waals surface area contributed by atoms with Gasteiger partial charge in [0.05, 0.1) is 19.4 Å². The van der Waals surface area contributed by atoms with Crippen molar-refractivity contribution in [2.75, 3.05) is 32.6 Å². The maximum absolute atomic E-state index is 12.5. The largest absolute Gasteiger partial charge is 0.463 e. The maximum atomic E-state index is 12.5. The van der Waals surface area contributed by atoms with Crippen molar-refractivity contribution in [2.24, 2.45) is 0 Å². The Morgan fingerprint density at radius 1 is 0.909 bits per heavy atom. The zero-order valence-electron chi connectivity index (χ0n) is 19.7. The summed E-state index contributed by atoms with van der Waals surface area (Å²) in [5.74, 6) is -2.01. The Kier molecular flexibility index (Phi) is 13.1. The summed E-state index contributed by atoms with van der Waals surface area (Å²) in [6.07, 6.45) is -5.23. The van der Waals surface area contributed by atoms with Gasteiger partial charge < -0.3 is 37.8 Å². The second-order valence-electron chi connectivity index (χ2n) is 7.23. The Morgan fingerprint density at radius 2 is 1.48 bits per heavy atom. The molecule has 33 heavy (non-hydrogen) atoms. The zero-order valence-corrected chi connectivity index (χ0v) is 20.6. The third kappa shape index (κ3) is 10.5. The Hall–Kier alpha value is -1.56. The maximum Gasteiger partial charge on any atom is 0.330 e. The lowest BCUT2D eigenvalue weighted by Gasteiger charge is -2.42. The van der Waals surface area contributed by atoms with Crippen LogP contribution in [0.25, 0.3) is 0 Å². The van der Waals surface area contributed by atoms with Crippen molar-refractivity contribution in [2.45, 2.75) is 78.2 Å². The molecule has 1 saturated heterocycles. The van der Waals surface area contributed by atoms with Crippen LogP contribution in [0.4, 0.5) is 0 Å². The van der Waals surface area contributed by atoms with Crippen molar-refractivity contribution in [3.05, 3.63) is 0 Å². The first-order valence-corrected chi connectivity index (χ1v) is 12.6. The molecule has 1 aliphatic rings. The van der Waals surface area contributed by atoms with Crippen LogP contribution in [0.3, 0.4) is 0 Å². The van der Waals surface area contributed by atoms with Crippen molar-refractivity contribution in [1.29, 1.82) is 0 Å². The fraction of sp³-hybridized carbons (Fsp3) is 0.850. The van der Waals surface area contributed by atoms with E-state index in [1.165, 1.54) is 6.92 Å². The molecule has 1 heterocycles. The standard InChI is InChI=1S/C20H35O12P/c1-6-28-33(25,29-7-2)11-9-8-10-26-20-19(31-15(5)23)18(30-14(4)22)17(24)16(32-20)12-27-13(3)21/h16-20,24H,6-12H2,1-5H3/t16?,17-,18?,19?,20-/m1/s1. The topological polar surface area (TPSA) is 153 Å². The fourth-order valence-corrected chi connectivity index (χ4v) is 4.90. The van der Waals surface area contributed by atoms with Crippen LogP contribution in [-0.4, -0.2) is 86.3 Å². The first-order chi connectivity index (χ1) is 15.5. The van der Waals surface area contributed by atoms with E-state index in [9.17, 15) is 24.1 Å². The van der Waals surface area contributed by atoms with Gasteiger partial charge in [-0.15, -0.1) is 0 Å². The van der Waals surface area contributed by atoms with Gasteiger partial charge in [0.1, 0.15) is 18.8 Å². The molecular formula is C20H35O12P. The van der Waals surface area contributed by atoms with E-state index in [-0.39, 0.29) is 32.6 Å². The Balaban J connectivity index is 2.84. The predicted molar refractivity (Wildman–Crippen MR) is 113 cm³/mol. The number of esters is 3. The summed E-state index contributed by atoms with van der Waals surface area (Å²) in [7, 11) is -3.18. The van der Waals surface area contributed by atoms with Crippen molar-refractivity contribution in [3.63, 3.8) is 0 Å². The van der Waals surface area contributed by atoms with Crippen LogP contribution in [0.2, 0.25) is 0 Å². The molecule has 5 atom stereocenters. The smallest absolute Gasteiger partial charge is 0.330 e. The molecule has 12 nitrogen and oxygen atoms in total. The summed E-state index contributed by atoms with van der Waals surface area (Å²) in [5, 5.41) is 10.6. The van der Waals surface area contributed by atoms with Crippen LogP contribution in [0.1, 0.15) is 47.5 Å². The molecule has 1 N–H and O–H groups in total. The number of ether oxygens (including phenoxy) is 5. The number of rotatable bonds is 14. The van der Waals surface area contributed by atoms with E-state index in [0.717, 1.165) is 13.8 Å². The Labute approximate surface area is 193 Å². The highest BCUT2D eigenvalue weighted by Gasteiger charge is 2.50. The van der Waals surface area contributed by atoms with Crippen LogP contribution in [0.15, 0.2) is 0 Å². The molecule has 0 saturated carbocycles. The molecule has 1 rings (SSSR count). The molecule has 3 unspecified atom stereocenters. The number of hydrogen-bond acceptors (Lipinski definition) is 12. The Morgan fingerprint density at radius 3 is 2.00 bits per heavy atom. The average Bonchev–Trinajstić information content (AvgIpc) is 2.70. The highest BCUT2D eigenvalue weighted by atomic mass is 31.2. The minimum absolute atomic E-state index is 0.101. The molecule has 0 spiro atoms. The summed E-state index contributed by atoms with van der Waals surface area (Å²) in [6, 6.07) is 0. The van der Waals surface area contributed by atoms with E-state index in [1.807, 2.05) is 0 Å². The van der Waals surface area contributed by atoms with Gasteiger partial charge in [-0.25, -0.2) is 0 Å². The first kappa shape index (κ1) is 29.5. The number of aliphatic hydroxyl groups excluding tert-OH is 1. The number of carbonyl (C=O) groups is 3. The van der Waals surface area contributed by atoms with Crippen molar-refractivity contribution in [3.8, 4) is 0 Å².